The second-order valence-corrected chi connectivity index (χ2v) is 6.25. The number of aliphatic carboxylic acids is 1. The van der Waals surface area contributed by atoms with Crippen LogP contribution in [0, 0.1) is 0 Å². The van der Waals surface area contributed by atoms with E-state index in [1.807, 2.05) is 13.0 Å². The summed E-state index contributed by atoms with van der Waals surface area (Å²) >= 11 is 0. The molecule has 1 N–H and O–H groups in total. The number of carboxylic acids is 1. The van der Waals surface area contributed by atoms with E-state index in [-0.39, 0.29) is 0 Å². The predicted octanol–water partition coefficient (Wildman–Crippen LogP) is 5.66. The maximum absolute atomic E-state index is 10.8. The molecule has 23 heavy (non-hydrogen) atoms. The second-order valence-electron chi connectivity index (χ2n) is 6.25. The van der Waals surface area contributed by atoms with Crippen molar-refractivity contribution in [2.45, 2.75) is 58.9 Å². The number of hydrogen-bond donors (Lipinski definition) is 1. The molecule has 0 radical (unpaired) electrons. The molecule has 2 aromatic rings. The molecule has 0 fully saturated rings. The normalized spacial score (nSPS) is 13.4. The first-order valence-corrected chi connectivity index (χ1v) is 8.59. The lowest BCUT2D eigenvalue weighted by Gasteiger charge is -2.19. The molecule has 3 heteroatoms. The first kappa shape index (κ1) is 17.3. The van der Waals surface area contributed by atoms with E-state index < -0.39 is 5.97 Å². The fourth-order valence-electron chi connectivity index (χ4n) is 3.19. The van der Waals surface area contributed by atoms with Gasteiger partial charge in [-0.25, -0.2) is 4.79 Å². The Bertz CT molecular complexity index is 697. The Kier molecular flexibility index (Phi) is 6.03. The highest BCUT2D eigenvalue weighted by atomic mass is 16.4. The van der Waals surface area contributed by atoms with Gasteiger partial charge in [-0.3, -0.25) is 0 Å². The summed E-state index contributed by atoms with van der Waals surface area (Å²) in [7, 11) is 0. The number of aromatic nitrogens is 1. The molecular formula is C20H27NO2. The van der Waals surface area contributed by atoms with Gasteiger partial charge in [0.05, 0.1) is 0 Å². The number of allylic oxidation sites excluding steroid dienone is 1. The highest BCUT2D eigenvalue weighted by Gasteiger charge is 2.12. The molecule has 0 aliphatic heterocycles. The average molecular weight is 313 g/mol. The van der Waals surface area contributed by atoms with E-state index in [9.17, 15) is 4.79 Å². The van der Waals surface area contributed by atoms with E-state index in [4.69, 9.17) is 5.11 Å². The molecule has 1 heterocycles. The molecular weight excluding hydrogens is 286 g/mol. The van der Waals surface area contributed by atoms with Crippen molar-refractivity contribution in [1.29, 1.82) is 0 Å². The van der Waals surface area contributed by atoms with Crippen LogP contribution in [0.3, 0.4) is 0 Å². The van der Waals surface area contributed by atoms with Crippen molar-refractivity contribution in [3.05, 3.63) is 42.1 Å². The number of nitrogens with zero attached hydrogens (tertiary/aromatic N) is 1. The van der Waals surface area contributed by atoms with Crippen LogP contribution in [0.15, 0.2) is 36.5 Å². The predicted molar refractivity (Wildman–Crippen MR) is 96.7 cm³/mol. The van der Waals surface area contributed by atoms with E-state index in [2.05, 4.69) is 42.8 Å². The van der Waals surface area contributed by atoms with Gasteiger partial charge in [0.15, 0.2) is 0 Å². The van der Waals surface area contributed by atoms with E-state index in [1.54, 1.807) is 0 Å². The largest absolute Gasteiger partial charge is 0.478 e. The zero-order valence-electron chi connectivity index (χ0n) is 14.4. The number of fused-ring (bicyclic) bond motifs is 1. The summed E-state index contributed by atoms with van der Waals surface area (Å²) in [5.74, 6) is -0.900. The Balaban J connectivity index is 2.35. The van der Waals surface area contributed by atoms with Crippen molar-refractivity contribution >= 4 is 22.4 Å². The van der Waals surface area contributed by atoms with Gasteiger partial charge in [0.1, 0.15) is 0 Å². The number of carbonyl (C=O) groups is 1. The van der Waals surface area contributed by atoms with Crippen molar-refractivity contribution in [3.63, 3.8) is 0 Å². The summed E-state index contributed by atoms with van der Waals surface area (Å²) < 4.78 is 2.40. The van der Waals surface area contributed by atoms with Gasteiger partial charge in [0.2, 0.25) is 0 Å². The highest BCUT2D eigenvalue weighted by molar-refractivity contribution is 5.91. The minimum absolute atomic E-state index is 0.555. The molecule has 0 amide bonds. The van der Waals surface area contributed by atoms with Crippen LogP contribution in [0.4, 0.5) is 0 Å². The van der Waals surface area contributed by atoms with Crippen LogP contribution in [0.1, 0.15) is 64.5 Å². The van der Waals surface area contributed by atoms with E-state index in [0.29, 0.717) is 6.04 Å². The molecule has 0 spiro atoms. The maximum atomic E-state index is 10.8. The molecule has 3 nitrogen and oxygen atoms in total. The summed E-state index contributed by atoms with van der Waals surface area (Å²) in [6.07, 6.45) is 9.52. The number of unbranched alkanes of at least 4 members (excludes halogenated alkanes) is 1. The third-order valence-corrected chi connectivity index (χ3v) is 4.42. The molecule has 1 atom stereocenters. The number of benzene rings is 1. The quantitative estimate of drug-likeness (QED) is 0.639. The summed E-state index contributed by atoms with van der Waals surface area (Å²) in [5.41, 5.74) is 2.99. The number of hydrogen-bond acceptors (Lipinski definition) is 1. The smallest absolute Gasteiger partial charge is 0.328 e. The second kappa shape index (κ2) is 8.00. The van der Waals surface area contributed by atoms with Crippen LogP contribution in [-0.2, 0) is 4.79 Å². The van der Waals surface area contributed by atoms with Crippen LogP contribution in [0.5, 0.6) is 0 Å². The van der Waals surface area contributed by atoms with Gasteiger partial charge in [0.25, 0.3) is 0 Å². The van der Waals surface area contributed by atoms with Gasteiger partial charge in [-0.15, -0.1) is 0 Å². The number of carboxylic acid groups (broad SMARTS) is 1. The Hall–Kier alpha value is -2.03. The van der Waals surface area contributed by atoms with Gasteiger partial charge in [-0.05, 0) is 49.1 Å². The fraction of sp³-hybridized carbons (Fsp3) is 0.450. The lowest BCUT2D eigenvalue weighted by Crippen LogP contribution is -2.07. The van der Waals surface area contributed by atoms with E-state index in [1.165, 1.54) is 49.1 Å². The third kappa shape index (κ3) is 4.25. The molecule has 0 saturated carbocycles. The molecule has 0 bridgehead atoms. The standard InChI is InChI=1S/C20H27NO2/c1-4-6-8-18(7-5-2)21-12-11-17-14-16(9-10-19(17)21)15(3)13-20(22)23/h9-14,18H,4-8H2,1-3H3,(H,22,23)/b15-13+. The third-order valence-electron chi connectivity index (χ3n) is 4.42. The molecule has 124 valence electrons. The van der Waals surface area contributed by atoms with Crippen LogP contribution in [0.25, 0.3) is 16.5 Å². The Morgan fingerprint density at radius 3 is 2.65 bits per heavy atom. The first-order chi connectivity index (χ1) is 11.1. The highest BCUT2D eigenvalue weighted by Crippen LogP contribution is 2.29. The molecule has 0 saturated heterocycles. The Labute approximate surface area is 138 Å². The van der Waals surface area contributed by atoms with Crippen LogP contribution in [0.2, 0.25) is 0 Å². The van der Waals surface area contributed by atoms with Crippen molar-refractivity contribution in [2.24, 2.45) is 0 Å². The summed E-state index contributed by atoms with van der Waals surface area (Å²) in [6, 6.07) is 8.93. The molecule has 1 aromatic heterocycles. The van der Waals surface area contributed by atoms with Crippen LogP contribution < -0.4 is 0 Å². The minimum atomic E-state index is -0.900. The Morgan fingerprint density at radius 2 is 2.00 bits per heavy atom. The molecule has 0 aliphatic rings. The lowest BCUT2D eigenvalue weighted by molar-refractivity contribution is -0.131. The Morgan fingerprint density at radius 1 is 1.22 bits per heavy atom. The van der Waals surface area contributed by atoms with Gasteiger partial charge in [-0.1, -0.05) is 39.2 Å². The fourth-order valence-corrected chi connectivity index (χ4v) is 3.19. The number of rotatable bonds is 8. The average Bonchev–Trinajstić information content (AvgIpc) is 2.93. The summed E-state index contributed by atoms with van der Waals surface area (Å²) in [5, 5.41) is 10.1. The zero-order valence-corrected chi connectivity index (χ0v) is 14.4. The zero-order chi connectivity index (χ0) is 16.8. The lowest BCUT2D eigenvalue weighted by atomic mass is 10.0. The van der Waals surface area contributed by atoms with Gasteiger partial charge in [-0.2, -0.15) is 0 Å². The van der Waals surface area contributed by atoms with E-state index >= 15 is 0 Å². The van der Waals surface area contributed by atoms with Crippen molar-refractivity contribution in [2.75, 3.05) is 0 Å². The van der Waals surface area contributed by atoms with Gasteiger partial charge >= 0.3 is 5.97 Å². The van der Waals surface area contributed by atoms with Gasteiger partial charge in [0, 0.05) is 29.2 Å². The molecule has 1 unspecified atom stereocenters. The topological polar surface area (TPSA) is 42.2 Å². The van der Waals surface area contributed by atoms with Crippen LogP contribution in [-0.4, -0.2) is 15.6 Å². The summed E-state index contributed by atoms with van der Waals surface area (Å²) in [4.78, 5) is 10.8. The van der Waals surface area contributed by atoms with Crippen molar-refractivity contribution in [1.82, 2.24) is 4.57 Å². The van der Waals surface area contributed by atoms with Crippen molar-refractivity contribution < 1.29 is 9.90 Å². The maximum Gasteiger partial charge on any atom is 0.328 e. The minimum Gasteiger partial charge on any atom is -0.478 e. The first-order valence-electron chi connectivity index (χ1n) is 8.59. The summed E-state index contributed by atoms with van der Waals surface area (Å²) in [6.45, 7) is 6.32. The van der Waals surface area contributed by atoms with Crippen molar-refractivity contribution in [3.8, 4) is 0 Å². The van der Waals surface area contributed by atoms with Crippen LogP contribution >= 0.6 is 0 Å². The SMILES string of the molecule is CCCCC(CCC)n1ccc2cc(/C(C)=C/C(=O)O)ccc21. The molecule has 2 rings (SSSR count). The molecule has 0 aliphatic carbocycles. The molecule has 1 aromatic carbocycles. The monoisotopic (exact) mass is 313 g/mol. The van der Waals surface area contributed by atoms with Gasteiger partial charge < -0.3 is 9.67 Å². The van der Waals surface area contributed by atoms with E-state index in [0.717, 1.165) is 11.1 Å².